The van der Waals surface area contributed by atoms with Crippen LogP contribution in [0.25, 0.3) is 11.4 Å². The normalized spacial score (nSPS) is 14.5. The summed E-state index contributed by atoms with van der Waals surface area (Å²) in [7, 11) is 1.43. The van der Waals surface area contributed by atoms with Gasteiger partial charge in [0.05, 0.1) is 18.7 Å². The maximum absolute atomic E-state index is 11.7. The van der Waals surface area contributed by atoms with Crippen LogP contribution in [-0.4, -0.2) is 41.0 Å². The zero-order chi connectivity index (χ0) is 22.5. The van der Waals surface area contributed by atoms with E-state index in [2.05, 4.69) is 9.88 Å². The summed E-state index contributed by atoms with van der Waals surface area (Å²) in [4.78, 5) is 23.3. The molecule has 0 amide bonds. The van der Waals surface area contributed by atoms with Gasteiger partial charge in [-0.15, -0.1) is 0 Å². The SMILES string of the molecule is COC(=O)C(C)CN1CCc2nc(-c3ccc(OCc4cccc(Cl)c4)cc3)ncc2C1. The summed E-state index contributed by atoms with van der Waals surface area (Å²) in [6.07, 6.45) is 2.73. The lowest BCUT2D eigenvalue weighted by Crippen LogP contribution is -2.36. The molecule has 0 saturated carbocycles. The lowest BCUT2D eigenvalue weighted by Gasteiger charge is -2.29. The number of halogens is 1. The van der Waals surface area contributed by atoms with Crippen LogP contribution in [0.5, 0.6) is 5.75 Å². The number of hydrogen-bond donors (Lipinski definition) is 0. The van der Waals surface area contributed by atoms with E-state index in [-0.39, 0.29) is 11.9 Å². The van der Waals surface area contributed by atoms with Crippen molar-refractivity contribution in [2.24, 2.45) is 5.92 Å². The second-order valence-electron chi connectivity index (χ2n) is 8.02. The number of carbonyl (C=O) groups is 1. The number of benzene rings is 2. The van der Waals surface area contributed by atoms with Gasteiger partial charge in [0, 0.05) is 48.4 Å². The van der Waals surface area contributed by atoms with Crippen LogP contribution >= 0.6 is 11.6 Å². The molecule has 2 heterocycles. The topological polar surface area (TPSA) is 64.5 Å². The fourth-order valence-electron chi connectivity index (χ4n) is 3.83. The molecule has 1 atom stereocenters. The second-order valence-corrected chi connectivity index (χ2v) is 8.45. The van der Waals surface area contributed by atoms with Crippen molar-refractivity contribution in [3.05, 3.63) is 76.6 Å². The number of esters is 1. The van der Waals surface area contributed by atoms with E-state index in [0.717, 1.165) is 47.6 Å². The van der Waals surface area contributed by atoms with Crippen LogP contribution in [0.2, 0.25) is 5.02 Å². The van der Waals surface area contributed by atoms with Crippen molar-refractivity contribution in [3.63, 3.8) is 0 Å². The number of methoxy groups -OCH3 is 1. The van der Waals surface area contributed by atoms with E-state index < -0.39 is 0 Å². The first-order valence-corrected chi connectivity index (χ1v) is 11.0. The van der Waals surface area contributed by atoms with Crippen molar-refractivity contribution in [1.29, 1.82) is 0 Å². The van der Waals surface area contributed by atoms with Crippen LogP contribution in [-0.2, 0) is 29.1 Å². The molecule has 1 aromatic heterocycles. The minimum absolute atomic E-state index is 0.152. The standard InChI is InChI=1S/C25H26ClN3O3/c1-17(25(30)31-2)14-29-11-10-23-20(15-29)13-27-24(28-23)19-6-8-22(9-7-19)32-16-18-4-3-5-21(26)12-18/h3-9,12-13,17H,10-11,14-16H2,1-2H3. The molecular weight excluding hydrogens is 426 g/mol. The Bertz CT molecular complexity index is 1090. The minimum atomic E-state index is -0.178. The first-order chi connectivity index (χ1) is 15.5. The van der Waals surface area contributed by atoms with Gasteiger partial charge in [-0.3, -0.25) is 9.69 Å². The number of hydrogen-bond acceptors (Lipinski definition) is 6. The maximum atomic E-state index is 11.7. The predicted octanol–water partition coefficient (Wildman–Crippen LogP) is 4.54. The minimum Gasteiger partial charge on any atom is -0.489 e. The number of ether oxygens (including phenoxy) is 2. The molecule has 0 saturated heterocycles. The highest BCUT2D eigenvalue weighted by atomic mass is 35.5. The van der Waals surface area contributed by atoms with Crippen molar-refractivity contribution >= 4 is 17.6 Å². The van der Waals surface area contributed by atoms with Gasteiger partial charge in [0.15, 0.2) is 5.82 Å². The van der Waals surface area contributed by atoms with E-state index in [1.54, 1.807) is 0 Å². The Morgan fingerprint density at radius 2 is 2.03 bits per heavy atom. The lowest BCUT2D eigenvalue weighted by molar-refractivity contribution is -0.145. The summed E-state index contributed by atoms with van der Waals surface area (Å²) in [6.45, 7) is 4.63. The molecule has 1 aliphatic rings. The van der Waals surface area contributed by atoms with Crippen molar-refractivity contribution in [3.8, 4) is 17.1 Å². The molecule has 2 aromatic carbocycles. The molecule has 32 heavy (non-hydrogen) atoms. The van der Waals surface area contributed by atoms with Gasteiger partial charge < -0.3 is 9.47 Å². The molecule has 6 nitrogen and oxygen atoms in total. The Hall–Kier alpha value is -2.96. The van der Waals surface area contributed by atoms with Crippen LogP contribution in [0.1, 0.15) is 23.7 Å². The van der Waals surface area contributed by atoms with Gasteiger partial charge in [-0.25, -0.2) is 9.97 Å². The number of rotatable bonds is 7. The third kappa shape index (κ3) is 5.44. The average molecular weight is 452 g/mol. The molecule has 0 fully saturated rings. The Labute approximate surface area is 193 Å². The molecule has 0 radical (unpaired) electrons. The molecule has 1 aliphatic heterocycles. The van der Waals surface area contributed by atoms with Crippen LogP contribution in [0, 0.1) is 5.92 Å². The Balaban J connectivity index is 1.38. The fraction of sp³-hybridized carbons (Fsp3) is 0.320. The first kappa shape index (κ1) is 22.2. The molecule has 0 N–H and O–H groups in total. The summed E-state index contributed by atoms with van der Waals surface area (Å²) in [6, 6.07) is 15.4. The van der Waals surface area contributed by atoms with Crippen LogP contribution in [0.3, 0.4) is 0 Å². The van der Waals surface area contributed by atoms with Crippen LogP contribution < -0.4 is 4.74 Å². The van der Waals surface area contributed by atoms with Crippen LogP contribution in [0.15, 0.2) is 54.7 Å². The summed E-state index contributed by atoms with van der Waals surface area (Å²) < 4.78 is 10.7. The third-order valence-corrected chi connectivity index (χ3v) is 5.79. The number of aromatic nitrogens is 2. The fourth-order valence-corrected chi connectivity index (χ4v) is 4.04. The first-order valence-electron chi connectivity index (χ1n) is 10.6. The van der Waals surface area contributed by atoms with Gasteiger partial charge in [-0.1, -0.05) is 30.7 Å². The molecule has 1 unspecified atom stereocenters. The summed E-state index contributed by atoms with van der Waals surface area (Å²) >= 11 is 6.02. The van der Waals surface area contributed by atoms with E-state index in [1.165, 1.54) is 7.11 Å². The second kappa shape index (κ2) is 10.1. The predicted molar refractivity (Wildman–Crippen MR) is 123 cm³/mol. The molecule has 0 spiro atoms. The maximum Gasteiger partial charge on any atom is 0.309 e. The summed E-state index contributed by atoms with van der Waals surface area (Å²) in [5, 5.41) is 0.701. The molecule has 0 bridgehead atoms. The molecule has 3 aromatic rings. The van der Waals surface area contributed by atoms with E-state index in [9.17, 15) is 4.79 Å². The third-order valence-electron chi connectivity index (χ3n) is 5.56. The van der Waals surface area contributed by atoms with Crippen molar-refractivity contribution in [2.75, 3.05) is 20.2 Å². The van der Waals surface area contributed by atoms with Crippen molar-refractivity contribution < 1.29 is 14.3 Å². The zero-order valence-electron chi connectivity index (χ0n) is 18.3. The van der Waals surface area contributed by atoms with Gasteiger partial charge in [-0.2, -0.15) is 0 Å². The Kier molecular flexibility index (Phi) is 7.02. The highest BCUT2D eigenvalue weighted by molar-refractivity contribution is 6.30. The number of fused-ring (bicyclic) bond motifs is 1. The van der Waals surface area contributed by atoms with E-state index >= 15 is 0 Å². The molecule has 4 rings (SSSR count). The van der Waals surface area contributed by atoms with E-state index in [0.29, 0.717) is 24.0 Å². The highest BCUT2D eigenvalue weighted by Gasteiger charge is 2.23. The Morgan fingerprint density at radius 1 is 1.22 bits per heavy atom. The quantitative estimate of drug-likeness (QED) is 0.491. The average Bonchev–Trinajstić information content (AvgIpc) is 2.82. The van der Waals surface area contributed by atoms with E-state index in [4.69, 9.17) is 26.1 Å². The van der Waals surface area contributed by atoms with Gasteiger partial charge >= 0.3 is 5.97 Å². The van der Waals surface area contributed by atoms with E-state index in [1.807, 2.05) is 61.7 Å². The van der Waals surface area contributed by atoms with Gasteiger partial charge in [-0.05, 0) is 42.0 Å². The highest BCUT2D eigenvalue weighted by Crippen LogP contribution is 2.24. The summed E-state index contributed by atoms with van der Waals surface area (Å²) in [5.74, 6) is 1.16. The zero-order valence-corrected chi connectivity index (χ0v) is 19.0. The smallest absolute Gasteiger partial charge is 0.309 e. The van der Waals surface area contributed by atoms with Gasteiger partial charge in [0.1, 0.15) is 12.4 Å². The molecule has 7 heteroatoms. The van der Waals surface area contributed by atoms with Gasteiger partial charge in [0.25, 0.3) is 0 Å². The molecule has 0 aliphatic carbocycles. The number of carbonyl (C=O) groups excluding carboxylic acids is 1. The lowest BCUT2D eigenvalue weighted by atomic mass is 10.0. The largest absolute Gasteiger partial charge is 0.489 e. The number of nitrogens with zero attached hydrogens (tertiary/aromatic N) is 3. The van der Waals surface area contributed by atoms with Crippen LogP contribution in [0.4, 0.5) is 0 Å². The monoisotopic (exact) mass is 451 g/mol. The molecule has 166 valence electrons. The summed E-state index contributed by atoms with van der Waals surface area (Å²) in [5.41, 5.74) is 4.15. The van der Waals surface area contributed by atoms with Gasteiger partial charge in [0.2, 0.25) is 0 Å². The molecular formula is C25H26ClN3O3. The van der Waals surface area contributed by atoms with Crippen molar-refractivity contribution in [1.82, 2.24) is 14.9 Å². The van der Waals surface area contributed by atoms with Crippen molar-refractivity contribution in [2.45, 2.75) is 26.5 Å². The Morgan fingerprint density at radius 3 is 2.78 bits per heavy atom.